The quantitative estimate of drug-likeness (QED) is 0.760. The number of thiophene rings is 1. The molecule has 1 aromatic heterocycles. The number of carbonyl (C=O) groups excluding carboxylic acids is 2. The van der Waals surface area contributed by atoms with E-state index < -0.39 is 5.91 Å². The summed E-state index contributed by atoms with van der Waals surface area (Å²) in [5.41, 5.74) is 8.21. The van der Waals surface area contributed by atoms with Gasteiger partial charge in [0.15, 0.2) is 0 Å². The average Bonchev–Trinajstić information content (AvgIpc) is 3.07. The van der Waals surface area contributed by atoms with E-state index in [1.807, 2.05) is 24.3 Å². The van der Waals surface area contributed by atoms with Crippen LogP contribution in [0.15, 0.2) is 24.3 Å². The van der Waals surface area contributed by atoms with E-state index in [0.717, 1.165) is 68.1 Å². The largest absolute Gasteiger partial charge is 0.368 e. The summed E-state index contributed by atoms with van der Waals surface area (Å²) in [5, 5.41) is 4.32. The maximum atomic E-state index is 12.6. The second-order valence-corrected chi connectivity index (χ2v) is 9.05. The molecule has 6 nitrogen and oxygen atoms in total. The first-order valence-corrected chi connectivity index (χ1v) is 11.2. The molecule has 4 rings (SSSR count). The minimum atomic E-state index is -0.451. The van der Waals surface area contributed by atoms with Crippen molar-refractivity contribution in [2.45, 2.75) is 25.7 Å². The normalized spacial score (nSPS) is 17.1. The van der Waals surface area contributed by atoms with Crippen molar-refractivity contribution >= 4 is 45.4 Å². The fourth-order valence-electron chi connectivity index (χ4n) is 4.14. The van der Waals surface area contributed by atoms with Gasteiger partial charge in [-0.15, -0.1) is 11.3 Å². The topological polar surface area (TPSA) is 78.7 Å². The lowest BCUT2D eigenvalue weighted by atomic mass is 9.95. The predicted octanol–water partition coefficient (Wildman–Crippen LogP) is 3.14. The molecule has 1 aliphatic heterocycles. The third-order valence-corrected chi connectivity index (χ3v) is 7.13. The van der Waals surface area contributed by atoms with Gasteiger partial charge in [-0.2, -0.15) is 0 Å². The summed E-state index contributed by atoms with van der Waals surface area (Å²) in [6, 6.07) is 7.83. The van der Waals surface area contributed by atoms with Crippen LogP contribution in [0.25, 0.3) is 0 Å². The highest BCUT2D eigenvalue weighted by molar-refractivity contribution is 7.17. The van der Waals surface area contributed by atoms with E-state index in [0.29, 0.717) is 17.1 Å². The molecule has 3 N–H and O–H groups in total. The van der Waals surface area contributed by atoms with Crippen LogP contribution >= 0.6 is 22.9 Å². The minimum Gasteiger partial charge on any atom is -0.368 e. The van der Waals surface area contributed by atoms with Crippen LogP contribution < -0.4 is 16.0 Å². The van der Waals surface area contributed by atoms with Gasteiger partial charge in [-0.05, 0) is 43.4 Å². The van der Waals surface area contributed by atoms with E-state index in [2.05, 4.69) is 15.1 Å². The second-order valence-electron chi connectivity index (χ2n) is 7.54. The van der Waals surface area contributed by atoms with Crippen LogP contribution in [0.2, 0.25) is 5.02 Å². The molecule has 0 bridgehead atoms. The van der Waals surface area contributed by atoms with E-state index in [1.54, 1.807) is 0 Å². The highest BCUT2D eigenvalue weighted by Gasteiger charge is 2.26. The van der Waals surface area contributed by atoms with Crippen molar-refractivity contribution in [3.8, 4) is 0 Å². The number of primary amides is 1. The molecule has 0 saturated carbocycles. The molecule has 1 fully saturated rings. The number of rotatable bonds is 5. The van der Waals surface area contributed by atoms with Gasteiger partial charge >= 0.3 is 0 Å². The number of hydrogen-bond donors (Lipinski definition) is 2. The van der Waals surface area contributed by atoms with E-state index >= 15 is 0 Å². The van der Waals surface area contributed by atoms with Gasteiger partial charge in [0.1, 0.15) is 5.00 Å². The summed E-state index contributed by atoms with van der Waals surface area (Å²) in [4.78, 5) is 30.2. The molecule has 1 aromatic carbocycles. The number of carbonyl (C=O) groups is 2. The van der Waals surface area contributed by atoms with Gasteiger partial charge in [-0.3, -0.25) is 14.5 Å². The number of nitrogens with zero attached hydrogens (tertiary/aromatic N) is 2. The molecule has 8 heteroatoms. The summed E-state index contributed by atoms with van der Waals surface area (Å²) in [6.45, 7) is 3.50. The molecule has 0 atom stereocenters. The van der Waals surface area contributed by atoms with E-state index in [4.69, 9.17) is 17.3 Å². The minimum absolute atomic E-state index is 0.0997. The van der Waals surface area contributed by atoms with Crippen LogP contribution in [-0.4, -0.2) is 49.4 Å². The standard InChI is InChI=1S/C21H25ClN4O2S/c22-15-6-2-3-7-16(15)26-11-9-25(10-12-26)13-18(27)24-21-19(20(23)28)14-5-1-4-8-17(14)29-21/h2-3,6-7H,1,4-5,8-13H2,(H2,23,28)(H,24,27). The second kappa shape index (κ2) is 8.73. The Bertz CT molecular complexity index is 921. The number of para-hydroxylation sites is 1. The molecular formula is C21H25ClN4O2S. The molecular weight excluding hydrogens is 408 g/mol. The number of amides is 2. The molecule has 2 aromatic rings. The van der Waals surface area contributed by atoms with Crippen LogP contribution in [-0.2, 0) is 17.6 Å². The number of fused-ring (bicyclic) bond motifs is 1. The lowest BCUT2D eigenvalue weighted by Gasteiger charge is -2.36. The predicted molar refractivity (Wildman–Crippen MR) is 118 cm³/mol. The number of aryl methyl sites for hydroxylation is 1. The van der Waals surface area contributed by atoms with Crippen LogP contribution in [0.3, 0.4) is 0 Å². The van der Waals surface area contributed by atoms with Crippen LogP contribution in [0, 0.1) is 0 Å². The summed E-state index contributed by atoms with van der Waals surface area (Å²) < 4.78 is 0. The van der Waals surface area contributed by atoms with Gasteiger partial charge in [0.25, 0.3) is 5.91 Å². The molecule has 2 aliphatic rings. The Morgan fingerprint density at radius 3 is 2.55 bits per heavy atom. The van der Waals surface area contributed by atoms with Crippen molar-refractivity contribution < 1.29 is 9.59 Å². The number of nitrogens with one attached hydrogen (secondary N) is 1. The molecule has 1 aliphatic carbocycles. The molecule has 2 amide bonds. The van der Waals surface area contributed by atoms with Gasteiger partial charge in [-0.25, -0.2) is 0 Å². The Kier molecular flexibility index (Phi) is 6.08. The zero-order valence-corrected chi connectivity index (χ0v) is 17.8. The van der Waals surface area contributed by atoms with Crippen molar-refractivity contribution in [3.05, 3.63) is 45.3 Å². The van der Waals surface area contributed by atoms with Crippen molar-refractivity contribution in [1.82, 2.24) is 4.90 Å². The Morgan fingerprint density at radius 1 is 1.10 bits per heavy atom. The zero-order valence-electron chi connectivity index (χ0n) is 16.2. The highest BCUT2D eigenvalue weighted by Crippen LogP contribution is 2.37. The Hall–Kier alpha value is -2.09. The van der Waals surface area contributed by atoms with Gasteiger partial charge in [0.05, 0.1) is 22.8 Å². The molecule has 2 heterocycles. The van der Waals surface area contributed by atoms with Gasteiger partial charge in [0.2, 0.25) is 5.91 Å². The monoisotopic (exact) mass is 432 g/mol. The number of halogens is 1. The third-order valence-electron chi connectivity index (χ3n) is 5.60. The van der Waals surface area contributed by atoms with E-state index in [1.165, 1.54) is 16.2 Å². The average molecular weight is 433 g/mol. The summed E-state index contributed by atoms with van der Waals surface area (Å²) >= 11 is 7.80. The van der Waals surface area contributed by atoms with Crippen LogP contribution in [0.4, 0.5) is 10.7 Å². The fraction of sp³-hybridized carbons (Fsp3) is 0.429. The van der Waals surface area contributed by atoms with E-state index in [9.17, 15) is 9.59 Å². The number of piperazine rings is 1. The first-order valence-electron chi connectivity index (χ1n) is 9.99. The summed E-state index contributed by atoms with van der Waals surface area (Å²) in [7, 11) is 0. The molecule has 0 radical (unpaired) electrons. The number of nitrogens with two attached hydrogens (primary N) is 1. The highest BCUT2D eigenvalue weighted by atomic mass is 35.5. The van der Waals surface area contributed by atoms with Crippen molar-refractivity contribution in [1.29, 1.82) is 0 Å². The molecule has 154 valence electrons. The zero-order chi connectivity index (χ0) is 20.4. The Labute approximate surface area is 179 Å². The van der Waals surface area contributed by atoms with Crippen molar-refractivity contribution in [2.24, 2.45) is 5.73 Å². The number of hydrogen-bond acceptors (Lipinski definition) is 5. The molecule has 29 heavy (non-hydrogen) atoms. The summed E-state index contributed by atoms with van der Waals surface area (Å²) in [6.07, 6.45) is 4.01. The Morgan fingerprint density at radius 2 is 1.83 bits per heavy atom. The van der Waals surface area contributed by atoms with Crippen LogP contribution in [0.1, 0.15) is 33.6 Å². The maximum absolute atomic E-state index is 12.6. The molecule has 1 saturated heterocycles. The lowest BCUT2D eigenvalue weighted by Crippen LogP contribution is -2.48. The third kappa shape index (κ3) is 4.42. The lowest BCUT2D eigenvalue weighted by molar-refractivity contribution is -0.117. The SMILES string of the molecule is NC(=O)c1c(NC(=O)CN2CCN(c3ccccc3Cl)CC2)sc2c1CCCC2. The fourth-order valence-corrected chi connectivity index (χ4v) is 5.71. The number of anilines is 2. The van der Waals surface area contributed by atoms with E-state index in [-0.39, 0.29) is 5.91 Å². The first-order chi connectivity index (χ1) is 14.0. The smallest absolute Gasteiger partial charge is 0.251 e. The summed E-state index contributed by atoms with van der Waals surface area (Å²) in [5.74, 6) is -0.551. The van der Waals surface area contributed by atoms with Gasteiger partial charge in [0, 0.05) is 31.1 Å². The maximum Gasteiger partial charge on any atom is 0.251 e. The molecule has 0 spiro atoms. The van der Waals surface area contributed by atoms with Crippen LogP contribution in [0.5, 0.6) is 0 Å². The van der Waals surface area contributed by atoms with Crippen molar-refractivity contribution in [3.63, 3.8) is 0 Å². The van der Waals surface area contributed by atoms with Gasteiger partial charge in [-0.1, -0.05) is 23.7 Å². The molecule has 0 unspecified atom stereocenters. The first kappa shape index (κ1) is 20.2. The Balaban J connectivity index is 1.36. The van der Waals surface area contributed by atoms with Crippen molar-refractivity contribution in [2.75, 3.05) is 42.9 Å². The van der Waals surface area contributed by atoms with Gasteiger partial charge < -0.3 is 16.0 Å². The number of benzene rings is 1.